The zero-order valence-corrected chi connectivity index (χ0v) is 14.1. The van der Waals surface area contributed by atoms with Crippen LogP contribution in [0.15, 0.2) is 65.1 Å². The number of rotatable bonds is 0. The Morgan fingerprint density at radius 2 is 1.88 bits per heavy atom. The number of thioether (sulfide) groups is 1. The molecule has 1 aliphatic carbocycles. The van der Waals surface area contributed by atoms with Crippen molar-refractivity contribution in [2.45, 2.75) is 10.1 Å². The summed E-state index contributed by atoms with van der Waals surface area (Å²) in [5.41, 5.74) is 7.97. The Balaban J connectivity index is 1.75. The van der Waals surface area contributed by atoms with Crippen LogP contribution in [0.1, 0.15) is 22.1 Å². The number of aromatic nitrogens is 1. The van der Waals surface area contributed by atoms with Crippen molar-refractivity contribution in [2.24, 2.45) is 0 Å². The van der Waals surface area contributed by atoms with Crippen molar-refractivity contribution in [1.29, 1.82) is 0 Å². The highest BCUT2D eigenvalue weighted by Crippen LogP contribution is 2.58. The Bertz CT molecular complexity index is 1150. The SMILES string of the molecule is O=C1NCC2=CC1=C1c3ccccc3SC1c1[nH]c3ccccc3c12. The first-order valence-corrected chi connectivity index (χ1v) is 9.29. The summed E-state index contributed by atoms with van der Waals surface area (Å²) in [6.45, 7) is 0.587. The normalized spacial score (nSPS) is 20.6. The Morgan fingerprint density at radius 1 is 1.04 bits per heavy atom. The molecule has 3 aromatic rings. The summed E-state index contributed by atoms with van der Waals surface area (Å²) in [5, 5.41) is 4.44. The van der Waals surface area contributed by atoms with E-state index in [2.05, 4.69) is 64.9 Å². The fourth-order valence-electron chi connectivity index (χ4n) is 4.24. The van der Waals surface area contributed by atoms with Crippen molar-refractivity contribution >= 4 is 39.7 Å². The third kappa shape index (κ3) is 1.70. The Hall–Kier alpha value is -2.72. The molecule has 3 heterocycles. The average molecular weight is 342 g/mol. The first-order valence-electron chi connectivity index (χ1n) is 8.41. The number of hydrogen-bond acceptors (Lipinski definition) is 2. The number of aromatic amines is 1. The molecule has 0 saturated heterocycles. The number of H-pyrrole nitrogens is 1. The standard InChI is InChI=1S/C21H14N2OS/c24-21-14-9-11(10-22-21)17-12-5-1-3-7-15(12)23-19(17)20-18(14)13-6-2-4-8-16(13)25-20/h1-9,20,23H,10H2,(H,22,24). The Morgan fingerprint density at radius 3 is 2.84 bits per heavy atom. The maximum absolute atomic E-state index is 12.6. The molecule has 1 amide bonds. The molecular weight excluding hydrogens is 328 g/mol. The molecule has 25 heavy (non-hydrogen) atoms. The molecule has 0 radical (unpaired) electrons. The summed E-state index contributed by atoms with van der Waals surface area (Å²) in [4.78, 5) is 17.5. The lowest BCUT2D eigenvalue weighted by Crippen LogP contribution is -2.30. The fraction of sp³-hybridized carbons (Fsp3) is 0.0952. The van der Waals surface area contributed by atoms with Gasteiger partial charge in [-0.05, 0) is 34.9 Å². The van der Waals surface area contributed by atoms with Gasteiger partial charge >= 0.3 is 0 Å². The molecular formula is C21H14N2OS. The van der Waals surface area contributed by atoms with E-state index in [1.54, 1.807) is 0 Å². The molecule has 1 aromatic heterocycles. The minimum Gasteiger partial charge on any atom is -0.357 e. The van der Waals surface area contributed by atoms with E-state index in [4.69, 9.17) is 0 Å². The second-order valence-electron chi connectivity index (χ2n) is 6.63. The topological polar surface area (TPSA) is 44.9 Å². The van der Waals surface area contributed by atoms with Crippen LogP contribution in [-0.2, 0) is 4.79 Å². The van der Waals surface area contributed by atoms with Crippen LogP contribution in [-0.4, -0.2) is 17.4 Å². The molecule has 6 rings (SSSR count). The van der Waals surface area contributed by atoms with Gasteiger partial charge in [0.1, 0.15) is 0 Å². The fourth-order valence-corrected chi connectivity index (χ4v) is 5.62. The van der Waals surface area contributed by atoms with E-state index in [1.807, 2.05) is 11.8 Å². The van der Waals surface area contributed by atoms with Gasteiger partial charge in [-0.2, -0.15) is 0 Å². The maximum Gasteiger partial charge on any atom is 0.251 e. The monoisotopic (exact) mass is 342 g/mol. The van der Waals surface area contributed by atoms with E-state index in [9.17, 15) is 4.79 Å². The lowest BCUT2D eigenvalue weighted by atomic mass is 9.95. The Kier molecular flexibility index (Phi) is 2.53. The zero-order chi connectivity index (χ0) is 16.5. The predicted octanol–water partition coefficient (Wildman–Crippen LogP) is 4.30. The number of carbonyl (C=O) groups excluding carboxylic acids is 1. The number of nitrogens with one attached hydrogen (secondary N) is 2. The molecule has 0 saturated carbocycles. The summed E-state index contributed by atoms with van der Waals surface area (Å²) in [5.74, 6) is 0.0375. The molecule has 4 heteroatoms. The third-order valence-corrected chi connectivity index (χ3v) is 6.61. The summed E-state index contributed by atoms with van der Waals surface area (Å²) >= 11 is 1.84. The maximum atomic E-state index is 12.6. The summed E-state index contributed by atoms with van der Waals surface area (Å²) < 4.78 is 0. The van der Waals surface area contributed by atoms with Gasteiger partial charge in [-0.15, -0.1) is 11.8 Å². The van der Waals surface area contributed by atoms with Gasteiger partial charge in [0.05, 0.1) is 5.25 Å². The van der Waals surface area contributed by atoms with Crippen LogP contribution < -0.4 is 5.32 Å². The Labute approximate surface area is 148 Å². The van der Waals surface area contributed by atoms with Crippen molar-refractivity contribution < 1.29 is 4.79 Å². The van der Waals surface area contributed by atoms with Crippen molar-refractivity contribution in [2.75, 3.05) is 6.54 Å². The highest BCUT2D eigenvalue weighted by molar-refractivity contribution is 8.00. The average Bonchev–Trinajstić information content (AvgIpc) is 3.18. The minimum atomic E-state index is 0.0375. The van der Waals surface area contributed by atoms with Crippen LogP contribution >= 0.6 is 11.8 Å². The van der Waals surface area contributed by atoms with Crippen LogP contribution in [0.3, 0.4) is 0 Å². The van der Waals surface area contributed by atoms with E-state index < -0.39 is 0 Å². The van der Waals surface area contributed by atoms with Gasteiger partial charge in [-0.25, -0.2) is 0 Å². The molecule has 2 N–H and O–H groups in total. The number of para-hydroxylation sites is 1. The van der Waals surface area contributed by atoms with Gasteiger partial charge in [0, 0.05) is 39.2 Å². The quantitative estimate of drug-likeness (QED) is 0.640. The molecule has 2 aliphatic heterocycles. The van der Waals surface area contributed by atoms with Gasteiger partial charge in [-0.3, -0.25) is 4.79 Å². The van der Waals surface area contributed by atoms with Crippen molar-refractivity contribution in [3.8, 4) is 0 Å². The van der Waals surface area contributed by atoms with Gasteiger partial charge in [0.2, 0.25) is 0 Å². The van der Waals surface area contributed by atoms with Gasteiger partial charge < -0.3 is 10.3 Å². The van der Waals surface area contributed by atoms with Gasteiger partial charge in [0.15, 0.2) is 0 Å². The molecule has 0 fully saturated rings. The lowest BCUT2D eigenvalue weighted by molar-refractivity contribution is -0.117. The largest absolute Gasteiger partial charge is 0.357 e. The van der Waals surface area contributed by atoms with Gasteiger partial charge in [-0.1, -0.05) is 36.4 Å². The summed E-state index contributed by atoms with van der Waals surface area (Å²) in [6, 6.07) is 16.8. The molecule has 3 aliphatic rings. The molecule has 3 nitrogen and oxygen atoms in total. The van der Waals surface area contributed by atoms with Crippen LogP contribution in [0.4, 0.5) is 0 Å². The van der Waals surface area contributed by atoms with Crippen molar-refractivity contribution in [3.05, 3.63) is 77.0 Å². The molecule has 120 valence electrons. The zero-order valence-electron chi connectivity index (χ0n) is 13.3. The third-order valence-electron chi connectivity index (χ3n) is 5.30. The lowest BCUT2D eigenvalue weighted by Gasteiger charge is -2.16. The molecule has 0 spiro atoms. The molecule has 2 aromatic carbocycles. The number of hydrogen-bond donors (Lipinski definition) is 2. The van der Waals surface area contributed by atoms with Crippen molar-refractivity contribution in [1.82, 2.24) is 10.3 Å². The number of fused-ring (bicyclic) bond motifs is 9. The second-order valence-corrected chi connectivity index (χ2v) is 7.78. The van der Waals surface area contributed by atoms with Crippen LogP contribution in [0.5, 0.6) is 0 Å². The van der Waals surface area contributed by atoms with E-state index in [0.29, 0.717) is 6.54 Å². The molecule has 1 atom stereocenters. The van der Waals surface area contributed by atoms with Gasteiger partial charge in [0.25, 0.3) is 5.91 Å². The number of amides is 1. The van der Waals surface area contributed by atoms with E-state index >= 15 is 0 Å². The number of carbonyl (C=O) groups is 1. The molecule has 1 unspecified atom stereocenters. The van der Waals surface area contributed by atoms with Crippen molar-refractivity contribution in [3.63, 3.8) is 0 Å². The summed E-state index contributed by atoms with van der Waals surface area (Å²) in [6.07, 6.45) is 2.11. The van der Waals surface area contributed by atoms with E-state index in [-0.39, 0.29) is 11.2 Å². The second kappa shape index (κ2) is 4.67. The molecule has 2 bridgehead atoms. The van der Waals surface area contributed by atoms with Crippen LogP contribution in [0.25, 0.3) is 22.0 Å². The highest BCUT2D eigenvalue weighted by Gasteiger charge is 2.39. The minimum absolute atomic E-state index is 0.0375. The summed E-state index contributed by atoms with van der Waals surface area (Å²) in [7, 11) is 0. The van der Waals surface area contributed by atoms with Crippen LogP contribution in [0.2, 0.25) is 0 Å². The smallest absolute Gasteiger partial charge is 0.251 e. The van der Waals surface area contributed by atoms with Crippen LogP contribution in [0, 0.1) is 0 Å². The first kappa shape index (κ1) is 13.6. The first-order chi connectivity index (χ1) is 12.3. The highest BCUT2D eigenvalue weighted by atomic mass is 32.2. The van der Waals surface area contributed by atoms with E-state index in [0.717, 1.165) is 16.7 Å². The number of benzene rings is 2. The predicted molar refractivity (Wildman–Crippen MR) is 101 cm³/mol. The van der Waals surface area contributed by atoms with E-state index in [1.165, 1.54) is 32.7 Å².